The van der Waals surface area contributed by atoms with E-state index in [-0.39, 0.29) is 5.82 Å². The number of benzene rings is 1. The van der Waals surface area contributed by atoms with Crippen LogP contribution in [0, 0.1) is 5.82 Å². The number of aliphatic hydroxyl groups excluding tert-OH is 1. The van der Waals surface area contributed by atoms with Crippen molar-refractivity contribution in [1.29, 1.82) is 0 Å². The quantitative estimate of drug-likeness (QED) is 0.892. The van der Waals surface area contributed by atoms with Gasteiger partial charge in [-0.25, -0.2) is 4.39 Å². The largest absolute Gasteiger partial charge is 0.384 e. The van der Waals surface area contributed by atoms with Gasteiger partial charge >= 0.3 is 0 Å². The summed E-state index contributed by atoms with van der Waals surface area (Å²) in [5, 5.41) is 13.7. The zero-order valence-corrected chi connectivity index (χ0v) is 10.1. The summed E-state index contributed by atoms with van der Waals surface area (Å²) in [6, 6.07) is 6.00. The molecular formula is C11H8BrFOS. The molecule has 0 aliphatic heterocycles. The molecule has 0 saturated heterocycles. The van der Waals surface area contributed by atoms with E-state index in [2.05, 4.69) is 15.9 Å². The molecule has 4 heteroatoms. The normalized spacial score (nSPS) is 12.7. The van der Waals surface area contributed by atoms with Gasteiger partial charge in [-0.2, -0.15) is 11.3 Å². The minimum Gasteiger partial charge on any atom is -0.384 e. The molecule has 0 aliphatic rings. The summed E-state index contributed by atoms with van der Waals surface area (Å²) in [4.78, 5) is 0. The molecule has 2 rings (SSSR count). The molecule has 1 aromatic carbocycles. The third-order valence-electron chi connectivity index (χ3n) is 2.10. The van der Waals surface area contributed by atoms with Gasteiger partial charge in [0.1, 0.15) is 11.9 Å². The van der Waals surface area contributed by atoms with Crippen LogP contribution in [0.3, 0.4) is 0 Å². The van der Waals surface area contributed by atoms with Crippen molar-refractivity contribution in [3.63, 3.8) is 0 Å². The van der Waals surface area contributed by atoms with Crippen molar-refractivity contribution < 1.29 is 9.50 Å². The van der Waals surface area contributed by atoms with Crippen molar-refractivity contribution >= 4 is 27.3 Å². The zero-order chi connectivity index (χ0) is 10.8. The van der Waals surface area contributed by atoms with Gasteiger partial charge < -0.3 is 5.11 Å². The number of hydrogen-bond donors (Lipinski definition) is 1. The van der Waals surface area contributed by atoms with Crippen LogP contribution < -0.4 is 0 Å². The lowest BCUT2D eigenvalue weighted by Gasteiger charge is -2.10. The molecule has 78 valence electrons. The Hall–Kier alpha value is -0.710. The fourth-order valence-electron chi connectivity index (χ4n) is 1.34. The van der Waals surface area contributed by atoms with Gasteiger partial charge in [0.15, 0.2) is 0 Å². The van der Waals surface area contributed by atoms with E-state index in [9.17, 15) is 9.50 Å². The van der Waals surface area contributed by atoms with E-state index >= 15 is 0 Å². The molecule has 0 radical (unpaired) electrons. The molecule has 0 amide bonds. The maximum Gasteiger partial charge on any atom is 0.123 e. The fourth-order valence-corrected chi connectivity index (χ4v) is 2.88. The van der Waals surface area contributed by atoms with Crippen LogP contribution in [0.2, 0.25) is 0 Å². The van der Waals surface area contributed by atoms with Crippen molar-refractivity contribution in [3.8, 4) is 0 Å². The second-order valence-electron chi connectivity index (χ2n) is 3.13. The van der Waals surface area contributed by atoms with Crippen LogP contribution in [0.25, 0.3) is 0 Å². The predicted molar refractivity (Wildman–Crippen MR) is 62.5 cm³/mol. The fraction of sp³-hybridized carbons (Fsp3) is 0.0909. The third-order valence-corrected chi connectivity index (χ3v) is 3.85. The minimum atomic E-state index is -0.777. The molecule has 1 nitrogen and oxygen atoms in total. The minimum absolute atomic E-state index is 0.335. The Morgan fingerprint density at radius 3 is 2.73 bits per heavy atom. The standard InChI is InChI=1S/C11H8BrFOS/c12-10-6-15-5-9(10)11(14)7-2-1-3-8(13)4-7/h1-6,11,14H. The molecule has 0 aliphatic carbocycles. The van der Waals surface area contributed by atoms with E-state index in [0.717, 1.165) is 10.0 Å². The average molecular weight is 287 g/mol. The molecule has 1 N–H and O–H groups in total. The Morgan fingerprint density at radius 1 is 1.33 bits per heavy atom. The molecule has 1 heterocycles. The molecule has 1 atom stereocenters. The van der Waals surface area contributed by atoms with Crippen molar-refractivity contribution in [2.45, 2.75) is 6.10 Å². The summed E-state index contributed by atoms with van der Waals surface area (Å²) in [5.41, 5.74) is 1.33. The molecule has 15 heavy (non-hydrogen) atoms. The van der Waals surface area contributed by atoms with Crippen LogP contribution in [0.4, 0.5) is 4.39 Å². The molecule has 0 saturated carbocycles. The van der Waals surface area contributed by atoms with Gasteiger partial charge in [-0.05, 0) is 39.0 Å². The predicted octanol–water partition coefficient (Wildman–Crippen LogP) is 3.73. The molecule has 2 aromatic rings. The summed E-state index contributed by atoms with van der Waals surface area (Å²) in [7, 11) is 0. The molecule has 0 bridgehead atoms. The Balaban J connectivity index is 2.36. The second-order valence-corrected chi connectivity index (χ2v) is 4.73. The summed E-state index contributed by atoms with van der Waals surface area (Å²) < 4.78 is 13.8. The first kappa shape index (κ1) is 10.8. The maximum absolute atomic E-state index is 12.9. The van der Waals surface area contributed by atoms with Crippen LogP contribution in [-0.2, 0) is 0 Å². The first-order valence-corrected chi connectivity index (χ1v) is 6.07. The molecule has 0 spiro atoms. The summed E-state index contributed by atoms with van der Waals surface area (Å²) in [6.45, 7) is 0. The van der Waals surface area contributed by atoms with Gasteiger partial charge in [0.2, 0.25) is 0 Å². The van der Waals surface area contributed by atoms with E-state index in [1.807, 2.05) is 10.8 Å². The first-order valence-electron chi connectivity index (χ1n) is 4.33. The van der Waals surface area contributed by atoms with Crippen molar-refractivity contribution in [1.82, 2.24) is 0 Å². The molecular weight excluding hydrogens is 279 g/mol. The number of thiophene rings is 1. The van der Waals surface area contributed by atoms with Gasteiger partial charge in [-0.1, -0.05) is 12.1 Å². The van der Waals surface area contributed by atoms with E-state index in [1.54, 1.807) is 12.1 Å². The number of hydrogen-bond acceptors (Lipinski definition) is 2. The van der Waals surface area contributed by atoms with Crippen LogP contribution in [0.15, 0.2) is 39.5 Å². The monoisotopic (exact) mass is 286 g/mol. The lowest BCUT2D eigenvalue weighted by Crippen LogP contribution is -1.98. The smallest absolute Gasteiger partial charge is 0.123 e. The van der Waals surface area contributed by atoms with Crippen LogP contribution in [0.5, 0.6) is 0 Å². The van der Waals surface area contributed by atoms with E-state index < -0.39 is 6.10 Å². The molecule has 1 aromatic heterocycles. The first-order chi connectivity index (χ1) is 7.18. The topological polar surface area (TPSA) is 20.2 Å². The summed E-state index contributed by atoms with van der Waals surface area (Å²) in [5.74, 6) is -0.335. The Kier molecular flexibility index (Phi) is 3.19. The van der Waals surface area contributed by atoms with Crippen molar-refractivity contribution in [2.75, 3.05) is 0 Å². The number of halogens is 2. The second kappa shape index (κ2) is 4.43. The Bertz CT molecular complexity index is 469. The zero-order valence-electron chi connectivity index (χ0n) is 7.65. The van der Waals surface area contributed by atoms with Crippen LogP contribution in [-0.4, -0.2) is 5.11 Å². The van der Waals surface area contributed by atoms with Gasteiger partial charge in [-0.3, -0.25) is 0 Å². The molecule has 1 unspecified atom stereocenters. The summed E-state index contributed by atoms with van der Waals surface area (Å²) in [6.07, 6.45) is -0.777. The van der Waals surface area contributed by atoms with E-state index in [4.69, 9.17) is 0 Å². The van der Waals surface area contributed by atoms with Crippen molar-refractivity contribution in [3.05, 3.63) is 56.4 Å². The highest BCUT2D eigenvalue weighted by Crippen LogP contribution is 2.31. The van der Waals surface area contributed by atoms with Crippen LogP contribution >= 0.6 is 27.3 Å². The highest BCUT2D eigenvalue weighted by atomic mass is 79.9. The Morgan fingerprint density at radius 2 is 2.13 bits per heavy atom. The van der Waals surface area contributed by atoms with Gasteiger partial charge in [-0.15, -0.1) is 0 Å². The van der Waals surface area contributed by atoms with E-state index in [0.29, 0.717) is 5.56 Å². The highest BCUT2D eigenvalue weighted by molar-refractivity contribution is 9.10. The number of rotatable bonds is 2. The maximum atomic E-state index is 12.9. The van der Waals surface area contributed by atoms with Crippen molar-refractivity contribution in [2.24, 2.45) is 0 Å². The summed E-state index contributed by atoms with van der Waals surface area (Å²) >= 11 is 4.83. The molecule has 0 fully saturated rings. The van der Waals surface area contributed by atoms with Gasteiger partial charge in [0, 0.05) is 15.4 Å². The SMILES string of the molecule is OC(c1cccc(F)c1)c1cscc1Br. The van der Waals surface area contributed by atoms with Crippen LogP contribution in [0.1, 0.15) is 17.2 Å². The van der Waals surface area contributed by atoms with Gasteiger partial charge in [0.05, 0.1) is 0 Å². The van der Waals surface area contributed by atoms with E-state index in [1.165, 1.54) is 23.5 Å². The highest BCUT2D eigenvalue weighted by Gasteiger charge is 2.14. The number of aliphatic hydroxyl groups is 1. The van der Waals surface area contributed by atoms with Gasteiger partial charge in [0.25, 0.3) is 0 Å². The third kappa shape index (κ3) is 2.27. The average Bonchev–Trinajstić information content (AvgIpc) is 2.63. The lowest BCUT2D eigenvalue weighted by atomic mass is 10.0. The lowest BCUT2D eigenvalue weighted by molar-refractivity contribution is 0.219. The Labute approximate surface area is 99.3 Å².